The smallest absolute Gasteiger partial charge is 0.123 e. The SMILES string of the molecule is CCc1cc(F)ccc1-c1ccc(C(C)(C)C)s1. The summed E-state index contributed by atoms with van der Waals surface area (Å²) in [7, 11) is 0. The molecule has 0 N–H and O–H groups in total. The van der Waals surface area contributed by atoms with Crippen molar-refractivity contribution in [2.75, 3.05) is 0 Å². The van der Waals surface area contributed by atoms with Crippen molar-refractivity contribution in [3.63, 3.8) is 0 Å². The van der Waals surface area contributed by atoms with Gasteiger partial charge in [-0.2, -0.15) is 0 Å². The molecule has 0 aliphatic heterocycles. The van der Waals surface area contributed by atoms with Crippen LogP contribution in [0.25, 0.3) is 10.4 Å². The molecule has 0 saturated heterocycles. The first-order valence-electron chi connectivity index (χ1n) is 6.31. The molecule has 0 unspecified atom stereocenters. The molecule has 18 heavy (non-hydrogen) atoms. The van der Waals surface area contributed by atoms with E-state index in [4.69, 9.17) is 0 Å². The minimum Gasteiger partial charge on any atom is -0.207 e. The Morgan fingerprint density at radius 3 is 2.39 bits per heavy atom. The predicted molar refractivity (Wildman–Crippen MR) is 77.8 cm³/mol. The number of hydrogen-bond donors (Lipinski definition) is 0. The maximum atomic E-state index is 13.2. The molecule has 96 valence electrons. The molecule has 2 heteroatoms. The van der Waals surface area contributed by atoms with Gasteiger partial charge in [0.05, 0.1) is 0 Å². The summed E-state index contributed by atoms with van der Waals surface area (Å²) in [5.74, 6) is -0.150. The van der Waals surface area contributed by atoms with Crippen LogP contribution >= 0.6 is 11.3 Å². The van der Waals surface area contributed by atoms with Gasteiger partial charge in [0.15, 0.2) is 0 Å². The van der Waals surface area contributed by atoms with E-state index in [1.807, 2.05) is 6.07 Å². The highest BCUT2D eigenvalue weighted by Gasteiger charge is 2.17. The Labute approximate surface area is 112 Å². The van der Waals surface area contributed by atoms with Gasteiger partial charge in [0.25, 0.3) is 0 Å². The molecule has 0 aliphatic rings. The molecular formula is C16H19FS. The van der Waals surface area contributed by atoms with Crippen LogP contribution in [0.3, 0.4) is 0 Å². The summed E-state index contributed by atoms with van der Waals surface area (Å²) in [6.45, 7) is 8.71. The topological polar surface area (TPSA) is 0 Å². The number of aryl methyl sites for hydroxylation is 1. The first-order valence-corrected chi connectivity index (χ1v) is 7.12. The normalized spacial score (nSPS) is 11.8. The van der Waals surface area contributed by atoms with Gasteiger partial charge in [-0.05, 0) is 47.2 Å². The van der Waals surface area contributed by atoms with Crippen LogP contribution in [0, 0.1) is 5.82 Å². The molecule has 0 atom stereocenters. The second-order valence-corrected chi connectivity index (χ2v) is 6.65. The Bertz CT molecular complexity index is 546. The van der Waals surface area contributed by atoms with Gasteiger partial charge in [0.1, 0.15) is 5.82 Å². The third-order valence-corrected chi connectivity index (χ3v) is 4.60. The molecule has 1 heterocycles. The van der Waals surface area contributed by atoms with Crippen LogP contribution in [0.5, 0.6) is 0 Å². The van der Waals surface area contributed by atoms with Crippen molar-refractivity contribution < 1.29 is 4.39 Å². The molecule has 0 bridgehead atoms. The summed E-state index contributed by atoms with van der Waals surface area (Å²) >= 11 is 1.81. The zero-order valence-electron chi connectivity index (χ0n) is 11.4. The lowest BCUT2D eigenvalue weighted by Crippen LogP contribution is -2.07. The van der Waals surface area contributed by atoms with Gasteiger partial charge in [0, 0.05) is 9.75 Å². The van der Waals surface area contributed by atoms with Crippen LogP contribution in [-0.4, -0.2) is 0 Å². The molecule has 0 saturated carbocycles. The highest BCUT2D eigenvalue weighted by molar-refractivity contribution is 7.15. The van der Waals surface area contributed by atoms with Gasteiger partial charge >= 0.3 is 0 Å². The Kier molecular flexibility index (Phi) is 3.58. The standard InChI is InChI=1S/C16H19FS/c1-5-11-10-12(17)6-7-13(11)14-8-9-15(18-14)16(2,3)4/h6-10H,5H2,1-4H3. The van der Waals surface area contributed by atoms with Gasteiger partial charge in [-0.1, -0.05) is 33.8 Å². The Hall–Kier alpha value is -1.15. The highest BCUT2D eigenvalue weighted by atomic mass is 32.1. The van der Waals surface area contributed by atoms with Crippen molar-refractivity contribution in [2.24, 2.45) is 0 Å². The Morgan fingerprint density at radius 2 is 1.83 bits per heavy atom. The molecule has 0 aliphatic carbocycles. The molecule has 0 nitrogen and oxygen atoms in total. The summed E-state index contributed by atoms with van der Waals surface area (Å²) in [6.07, 6.45) is 0.857. The van der Waals surface area contributed by atoms with E-state index in [-0.39, 0.29) is 11.2 Å². The van der Waals surface area contributed by atoms with E-state index in [0.29, 0.717) is 0 Å². The van der Waals surface area contributed by atoms with Crippen molar-refractivity contribution >= 4 is 11.3 Å². The maximum Gasteiger partial charge on any atom is 0.123 e. The van der Waals surface area contributed by atoms with Crippen molar-refractivity contribution in [3.05, 3.63) is 46.6 Å². The minimum absolute atomic E-state index is 0.150. The van der Waals surface area contributed by atoms with Crippen molar-refractivity contribution in [3.8, 4) is 10.4 Å². The van der Waals surface area contributed by atoms with Crippen LogP contribution in [0.15, 0.2) is 30.3 Å². The van der Waals surface area contributed by atoms with E-state index in [2.05, 4.69) is 39.8 Å². The maximum absolute atomic E-state index is 13.2. The second-order valence-electron chi connectivity index (χ2n) is 5.57. The minimum atomic E-state index is -0.150. The van der Waals surface area contributed by atoms with Crippen LogP contribution in [-0.2, 0) is 11.8 Å². The van der Waals surface area contributed by atoms with Gasteiger partial charge in [0.2, 0.25) is 0 Å². The number of hydrogen-bond acceptors (Lipinski definition) is 1. The first kappa shape index (κ1) is 13.3. The summed E-state index contributed by atoms with van der Waals surface area (Å²) < 4.78 is 13.2. The Morgan fingerprint density at radius 1 is 1.11 bits per heavy atom. The number of halogens is 1. The number of thiophene rings is 1. The van der Waals surface area contributed by atoms with Gasteiger partial charge in [-0.25, -0.2) is 4.39 Å². The second kappa shape index (κ2) is 4.85. The molecule has 0 fully saturated rings. The molecule has 0 amide bonds. The van der Waals surface area contributed by atoms with Crippen molar-refractivity contribution in [2.45, 2.75) is 39.5 Å². The van der Waals surface area contributed by atoms with Gasteiger partial charge in [-0.3, -0.25) is 0 Å². The van der Waals surface area contributed by atoms with E-state index in [1.54, 1.807) is 23.5 Å². The van der Waals surface area contributed by atoms with Crippen LogP contribution < -0.4 is 0 Å². The van der Waals surface area contributed by atoms with E-state index in [9.17, 15) is 4.39 Å². The molecular weight excluding hydrogens is 243 g/mol. The molecule has 0 spiro atoms. The first-order chi connectivity index (χ1) is 8.41. The van der Waals surface area contributed by atoms with Crippen molar-refractivity contribution in [1.29, 1.82) is 0 Å². The fourth-order valence-corrected chi connectivity index (χ4v) is 3.11. The van der Waals surface area contributed by atoms with Crippen LogP contribution in [0.4, 0.5) is 4.39 Å². The largest absolute Gasteiger partial charge is 0.207 e. The van der Waals surface area contributed by atoms with Gasteiger partial charge < -0.3 is 0 Å². The summed E-state index contributed by atoms with van der Waals surface area (Å²) in [6, 6.07) is 9.42. The zero-order valence-corrected chi connectivity index (χ0v) is 12.2. The van der Waals surface area contributed by atoms with Crippen LogP contribution in [0.1, 0.15) is 38.1 Å². The van der Waals surface area contributed by atoms with E-state index < -0.39 is 0 Å². The lowest BCUT2D eigenvalue weighted by Gasteiger charge is -2.15. The molecule has 0 radical (unpaired) electrons. The molecule has 2 aromatic rings. The van der Waals surface area contributed by atoms with E-state index in [0.717, 1.165) is 12.0 Å². The monoisotopic (exact) mass is 262 g/mol. The van der Waals surface area contributed by atoms with E-state index in [1.165, 1.54) is 15.3 Å². The quantitative estimate of drug-likeness (QED) is 0.678. The van der Waals surface area contributed by atoms with Crippen molar-refractivity contribution in [1.82, 2.24) is 0 Å². The molecule has 1 aromatic heterocycles. The Balaban J connectivity index is 2.46. The fourth-order valence-electron chi connectivity index (χ4n) is 1.98. The third kappa shape index (κ3) is 2.64. The zero-order chi connectivity index (χ0) is 13.3. The summed E-state index contributed by atoms with van der Waals surface area (Å²) in [5.41, 5.74) is 2.42. The van der Waals surface area contributed by atoms with E-state index >= 15 is 0 Å². The lowest BCUT2D eigenvalue weighted by atomic mass is 9.95. The molecule has 1 aromatic carbocycles. The molecule has 2 rings (SSSR count). The predicted octanol–water partition coefficient (Wildman–Crippen LogP) is 5.41. The number of rotatable bonds is 2. The fraction of sp³-hybridized carbons (Fsp3) is 0.375. The third-order valence-electron chi connectivity index (χ3n) is 3.06. The highest BCUT2D eigenvalue weighted by Crippen LogP contribution is 2.36. The van der Waals surface area contributed by atoms with Crippen LogP contribution in [0.2, 0.25) is 0 Å². The average Bonchev–Trinajstić information content (AvgIpc) is 2.77. The lowest BCUT2D eigenvalue weighted by molar-refractivity contribution is 0.604. The average molecular weight is 262 g/mol. The van der Waals surface area contributed by atoms with Gasteiger partial charge in [-0.15, -0.1) is 11.3 Å². The summed E-state index contributed by atoms with van der Waals surface area (Å²) in [5, 5.41) is 0. The number of benzene rings is 1. The summed E-state index contributed by atoms with van der Waals surface area (Å²) in [4.78, 5) is 2.60.